The molecule has 1 unspecified atom stereocenters. The fourth-order valence-electron chi connectivity index (χ4n) is 1.87. The van der Waals surface area contributed by atoms with Gasteiger partial charge in [-0.3, -0.25) is 0 Å². The molecule has 1 atom stereocenters. The number of thiazole rings is 1. The molecule has 112 valence electrons. The number of methoxy groups -OCH3 is 1. The Morgan fingerprint density at radius 1 is 1.38 bits per heavy atom. The summed E-state index contributed by atoms with van der Waals surface area (Å²) in [6.07, 6.45) is 0. The van der Waals surface area contributed by atoms with Gasteiger partial charge in [-0.1, -0.05) is 12.1 Å². The molecule has 1 heterocycles. The maximum absolute atomic E-state index is 11.8. The van der Waals surface area contributed by atoms with Crippen LogP contribution < -0.4 is 10.1 Å². The molecule has 5 nitrogen and oxygen atoms in total. The van der Waals surface area contributed by atoms with Crippen LogP contribution in [-0.2, 0) is 4.74 Å². The molecule has 2 rings (SSSR count). The summed E-state index contributed by atoms with van der Waals surface area (Å²) in [6.45, 7) is 4.14. The van der Waals surface area contributed by atoms with Crippen molar-refractivity contribution in [3.05, 3.63) is 41.0 Å². The maximum atomic E-state index is 11.8. The molecule has 0 aliphatic rings. The molecule has 0 aliphatic heterocycles. The number of hydrogen-bond donors (Lipinski definition) is 1. The van der Waals surface area contributed by atoms with Crippen LogP contribution >= 0.6 is 11.3 Å². The van der Waals surface area contributed by atoms with Gasteiger partial charge >= 0.3 is 5.97 Å². The lowest BCUT2D eigenvalue weighted by molar-refractivity contribution is 0.0521. The third kappa shape index (κ3) is 3.72. The number of hydrogen-bond acceptors (Lipinski definition) is 6. The summed E-state index contributed by atoms with van der Waals surface area (Å²) in [5.41, 5.74) is 3.07. The average Bonchev–Trinajstić information content (AvgIpc) is 2.95. The van der Waals surface area contributed by atoms with Crippen LogP contribution in [0.25, 0.3) is 0 Å². The van der Waals surface area contributed by atoms with Crippen LogP contribution in [0.5, 0.6) is 5.75 Å². The van der Waals surface area contributed by atoms with Gasteiger partial charge < -0.3 is 14.8 Å². The first-order valence-electron chi connectivity index (χ1n) is 6.66. The number of nitrogens with one attached hydrogen (secondary N) is 1. The average molecular weight is 306 g/mol. The Morgan fingerprint density at radius 2 is 2.10 bits per heavy atom. The van der Waals surface area contributed by atoms with Crippen LogP contribution in [0.15, 0.2) is 29.8 Å². The summed E-state index contributed by atoms with van der Waals surface area (Å²) in [5.74, 6) is 0.416. The van der Waals surface area contributed by atoms with Crippen molar-refractivity contribution >= 4 is 22.3 Å². The predicted molar refractivity (Wildman–Crippen MR) is 83.1 cm³/mol. The van der Waals surface area contributed by atoms with Crippen molar-refractivity contribution in [3.63, 3.8) is 0 Å². The zero-order chi connectivity index (χ0) is 15.2. The van der Waals surface area contributed by atoms with Crippen molar-refractivity contribution in [2.45, 2.75) is 19.9 Å². The first kappa shape index (κ1) is 15.3. The summed E-state index contributed by atoms with van der Waals surface area (Å²) in [6, 6.07) is 7.84. The second kappa shape index (κ2) is 7.08. The molecule has 1 aromatic heterocycles. The van der Waals surface area contributed by atoms with Crippen LogP contribution in [0.3, 0.4) is 0 Å². The minimum absolute atomic E-state index is 0.0459. The lowest BCUT2D eigenvalue weighted by atomic mass is 10.1. The van der Waals surface area contributed by atoms with Gasteiger partial charge in [0.2, 0.25) is 0 Å². The topological polar surface area (TPSA) is 60.5 Å². The highest BCUT2D eigenvalue weighted by Gasteiger charge is 2.18. The SMILES string of the molecule is CCOC(=O)c1ncsc1NC(C)c1ccc(OC)cc1. The summed E-state index contributed by atoms with van der Waals surface area (Å²) >= 11 is 1.39. The fraction of sp³-hybridized carbons (Fsp3) is 0.333. The van der Waals surface area contributed by atoms with Gasteiger partial charge in [0, 0.05) is 6.04 Å². The van der Waals surface area contributed by atoms with Gasteiger partial charge in [-0.25, -0.2) is 9.78 Å². The molecule has 0 spiro atoms. The maximum Gasteiger partial charge on any atom is 0.360 e. The highest BCUT2D eigenvalue weighted by molar-refractivity contribution is 7.14. The Labute approximate surface area is 127 Å². The van der Waals surface area contributed by atoms with Crippen molar-refractivity contribution in [1.29, 1.82) is 0 Å². The van der Waals surface area contributed by atoms with Crippen molar-refractivity contribution in [2.24, 2.45) is 0 Å². The minimum atomic E-state index is -0.400. The molecule has 2 aromatic rings. The molecular formula is C15H18N2O3S. The van der Waals surface area contributed by atoms with Crippen molar-refractivity contribution in [2.75, 3.05) is 19.0 Å². The number of carbonyl (C=O) groups excluding carboxylic acids is 1. The molecule has 0 saturated carbocycles. The largest absolute Gasteiger partial charge is 0.497 e. The van der Waals surface area contributed by atoms with Gasteiger partial charge in [0.1, 0.15) is 10.8 Å². The fourth-order valence-corrected chi connectivity index (χ4v) is 2.62. The van der Waals surface area contributed by atoms with Gasteiger partial charge in [-0.05, 0) is 31.5 Å². The Balaban J connectivity index is 2.10. The van der Waals surface area contributed by atoms with E-state index in [0.29, 0.717) is 12.3 Å². The van der Waals surface area contributed by atoms with Crippen LogP contribution in [0.4, 0.5) is 5.00 Å². The Kier molecular flexibility index (Phi) is 5.16. The van der Waals surface area contributed by atoms with E-state index in [0.717, 1.165) is 16.3 Å². The summed E-state index contributed by atoms with van der Waals surface area (Å²) < 4.78 is 10.1. The molecule has 21 heavy (non-hydrogen) atoms. The predicted octanol–water partition coefficient (Wildman–Crippen LogP) is 3.50. The number of rotatable bonds is 6. The quantitative estimate of drug-likeness (QED) is 0.828. The Morgan fingerprint density at radius 3 is 2.71 bits per heavy atom. The molecule has 1 N–H and O–H groups in total. The van der Waals surface area contributed by atoms with Gasteiger partial charge in [0.25, 0.3) is 0 Å². The first-order chi connectivity index (χ1) is 10.2. The molecule has 0 aliphatic carbocycles. The molecule has 0 amide bonds. The third-order valence-corrected chi connectivity index (χ3v) is 3.76. The van der Waals surface area contributed by atoms with Crippen LogP contribution in [0.1, 0.15) is 35.9 Å². The third-order valence-electron chi connectivity index (χ3n) is 3.00. The Hall–Kier alpha value is -2.08. The number of benzene rings is 1. The second-order valence-electron chi connectivity index (χ2n) is 4.39. The van der Waals surface area contributed by atoms with Gasteiger partial charge in [0.15, 0.2) is 5.69 Å². The second-order valence-corrected chi connectivity index (χ2v) is 5.24. The number of esters is 1. The molecule has 6 heteroatoms. The summed E-state index contributed by atoms with van der Waals surface area (Å²) in [7, 11) is 1.64. The number of nitrogens with zero attached hydrogens (tertiary/aromatic N) is 1. The van der Waals surface area contributed by atoms with E-state index >= 15 is 0 Å². The minimum Gasteiger partial charge on any atom is -0.497 e. The molecule has 1 aromatic carbocycles. The smallest absolute Gasteiger partial charge is 0.360 e. The molecule has 0 bridgehead atoms. The van der Waals surface area contributed by atoms with E-state index in [9.17, 15) is 4.79 Å². The monoisotopic (exact) mass is 306 g/mol. The van der Waals surface area contributed by atoms with E-state index in [4.69, 9.17) is 9.47 Å². The normalized spacial score (nSPS) is 11.8. The van der Waals surface area contributed by atoms with Gasteiger partial charge in [0.05, 0.1) is 19.2 Å². The number of aromatic nitrogens is 1. The van der Waals surface area contributed by atoms with E-state index < -0.39 is 5.97 Å². The zero-order valence-electron chi connectivity index (χ0n) is 12.3. The standard InChI is InChI=1S/C15H18N2O3S/c1-4-20-15(18)13-14(21-9-16-13)17-10(2)11-5-7-12(19-3)8-6-11/h5-10,17H,4H2,1-3H3. The first-order valence-corrected chi connectivity index (χ1v) is 7.54. The van der Waals surface area contributed by atoms with E-state index in [2.05, 4.69) is 10.3 Å². The van der Waals surface area contributed by atoms with E-state index in [1.165, 1.54) is 11.3 Å². The highest BCUT2D eigenvalue weighted by Crippen LogP contribution is 2.27. The molecule has 0 fully saturated rings. The van der Waals surface area contributed by atoms with E-state index in [-0.39, 0.29) is 6.04 Å². The van der Waals surface area contributed by atoms with Gasteiger partial charge in [-0.15, -0.1) is 11.3 Å². The zero-order valence-corrected chi connectivity index (χ0v) is 13.1. The van der Waals surface area contributed by atoms with E-state index in [1.807, 2.05) is 31.2 Å². The number of anilines is 1. The summed E-state index contributed by atoms with van der Waals surface area (Å²) in [4.78, 5) is 15.9. The van der Waals surface area contributed by atoms with Crippen molar-refractivity contribution in [3.8, 4) is 5.75 Å². The molecular weight excluding hydrogens is 288 g/mol. The van der Waals surface area contributed by atoms with E-state index in [1.54, 1.807) is 19.5 Å². The van der Waals surface area contributed by atoms with Crippen LogP contribution in [0, 0.1) is 0 Å². The van der Waals surface area contributed by atoms with Crippen LogP contribution in [0.2, 0.25) is 0 Å². The number of ether oxygens (including phenoxy) is 2. The highest BCUT2D eigenvalue weighted by atomic mass is 32.1. The lowest BCUT2D eigenvalue weighted by Crippen LogP contribution is -2.11. The van der Waals surface area contributed by atoms with Crippen molar-refractivity contribution in [1.82, 2.24) is 4.98 Å². The van der Waals surface area contributed by atoms with Gasteiger partial charge in [-0.2, -0.15) is 0 Å². The molecule has 0 radical (unpaired) electrons. The van der Waals surface area contributed by atoms with Crippen molar-refractivity contribution < 1.29 is 14.3 Å². The number of carbonyl (C=O) groups is 1. The summed E-state index contributed by atoms with van der Waals surface area (Å²) in [5, 5.41) is 4.02. The lowest BCUT2D eigenvalue weighted by Gasteiger charge is -2.15. The van der Waals surface area contributed by atoms with Crippen LogP contribution in [-0.4, -0.2) is 24.7 Å². The Bertz CT molecular complexity index is 595. The molecule has 0 saturated heterocycles.